The molecule has 2 N–H and O–H groups in total. The SMILES string of the molecule is Cc1c(Br)c(Br)c2c3c1nc(N[C@@H]1CCNC1)n3CCC2. The minimum absolute atomic E-state index is 0.496. The van der Waals surface area contributed by atoms with Crippen molar-refractivity contribution in [1.29, 1.82) is 0 Å². The topological polar surface area (TPSA) is 41.9 Å². The molecule has 2 aliphatic rings. The van der Waals surface area contributed by atoms with Gasteiger partial charge in [0.05, 0.1) is 11.0 Å². The van der Waals surface area contributed by atoms with E-state index in [1.807, 2.05) is 0 Å². The van der Waals surface area contributed by atoms with Gasteiger partial charge >= 0.3 is 0 Å². The summed E-state index contributed by atoms with van der Waals surface area (Å²) in [6.45, 7) is 5.32. The summed E-state index contributed by atoms with van der Waals surface area (Å²) in [7, 11) is 0. The first kappa shape index (κ1) is 14.0. The number of rotatable bonds is 2. The third kappa shape index (κ3) is 2.14. The molecule has 1 saturated heterocycles. The van der Waals surface area contributed by atoms with Crippen LogP contribution in [-0.4, -0.2) is 28.7 Å². The molecule has 3 heterocycles. The van der Waals surface area contributed by atoms with E-state index >= 15 is 0 Å². The summed E-state index contributed by atoms with van der Waals surface area (Å²) >= 11 is 7.47. The molecule has 1 atom stereocenters. The van der Waals surface area contributed by atoms with Crippen molar-refractivity contribution in [1.82, 2.24) is 14.9 Å². The normalized spacial score (nSPS) is 21.2. The van der Waals surface area contributed by atoms with Gasteiger partial charge in [-0.25, -0.2) is 4.98 Å². The lowest BCUT2D eigenvalue weighted by Gasteiger charge is -2.20. The molecule has 0 radical (unpaired) electrons. The van der Waals surface area contributed by atoms with Crippen molar-refractivity contribution in [3.05, 3.63) is 20.1 Å². The van der Waals surface area contributed by atoms with Crippen LogP contribution in [0.5, 0.6) is 0 Å². The first-order valence-corrected chi connectivity index (χ1v) is 9.09. The quantitative estimate of drug-likeness (QED) is 0.790. The third-order valence-electron chi connectivity index (χ3n) is 4.60. The molecule has 21 heavy (non-hydrogen) atoms. The van der Waals surface area contributed by atoms with Crippen LogP contribution in [0.4, 0.5) is 5.95 Å². The highest BCUT2D eigenvalue weighted by atomic mass is 79.9. The molecule has 0 amide bonds. The molecule has 1 aromatic heterocycles. The number of aromatic nitrogens is 2. The van der Waals surface area contributed by atoms with Crippen LogP contribution in [0.15, 0.2) is 8.95 Å². The van der Waals surface area contributed by atoms with Gasteiger partial charge in [0.2, 0.25) is 5.95 Å². The highest BCUT2D eigenvalue weighted by Gasteiger charge is 2.25. The van der Waals surface area contributed by atoms with E-state index in [4.69, 9.17) is 4.98 Å². The minimum Gasteiger partial charge on any atom is -0.352 e. The zero-order valence-corrected chi connectivity index (χ0v) is 15.1. The Morgan fingerprint density at radius 3 is 2.95 bits per heavy atom. The van der Waals surface area contributed by atoms with Crippen LogP contribution in [0.25, 0.3) is 11.0 Å². The lowest BCUT2D eigenvalue weighted by atomic mass is 10.0. The molecule has 0 spiro atoms. The molecule has 6 heteroatoms. The Labute approximate surface area is 140 Å². The number of hydrogen-bond acceptors (Lipinski definition) is 3. The molecule has 4 nitrogen and oxygen atoms in total. The van der Waals surface area contributed by atoms with Gasteiger partial charge in [-0.05, 0) is 75.7 Å². The van der Waals surface area contributed by atoms with Gasteiger partial charge < -0.3 is 15.2 Å². The van der Waals surface area contributed by atoms with Gasteiger partial charge in [-0.1, -0.05) is 0 Å². The number of aryl methyl sites for hydroxylation is 3. The largest absolute Gasteiger partial charge is 0.352 e. The molecule has 0 bridgehead atoms. The fraction of sp³-hybridized carbons (Fsp3) is 0.533. The number of nitrogens with one attached hydrogen (secondary N) is 2. The van der Waals surface area contributed by atoms with Crippen molar-refractivity contribution in [2.24, 2.45) is 0 Å². The molecule has 0 saturated carbocycles. The second kappa shape index (κ2) is 5.25. The fourth-order valence-electron chi connectivity index (χ4n) is 3.46. The molecule has 2 aliphatic heterocycles. The third-order valence-corrected chi connectivity index (χ3v) is 7.00. The maximum Gasteiger partial charge on any atom is 0.204 e. The van der Waals surface area contributed by atoms with Crippen LogP contribution in [-0.2, 0) is 13.0 Å². The molecule has 1 fully saturated rings. The molecule has 0 unspecified atom stereocenters. The Hall–Kier alpha value is -0.590. The van der Waals surface area contributed by atoms with Crippen LogP contribution < -0.4 is 10.6 Å². The standard InChI is InChI=1S/C15H18Br2N4/c1-8-11(16)12(17)10-3-2-6-21-14(10)13(8)20-15(21)19-9-4-5-18-7-9/h9,18H,2-7H2,1H3,(H,19,20)/t9-/m1/s1. The maximum absolute atomic E-state index is 4.92. The van der Waals surface area contributed by atoms with Crippen molar-refractivity contribution in [2.75, 3.05) is 18.4 Å². The fourth-order valence-corrected chi connectivity index (χ4v) is 4.57. The van der Waals surface area contributed by atoms with Gasteiger partial charge in [0.25, 0.3) is 0 Å². The van der Waals surface area contributed by atoms with E-state index in [-0.39, 0.29) is 0 Å². The molecule has 0 aliphatic carbocycles. The predicted octanol–water partition coefficient (Wildman–Crippen LogP) is 3.59. The summed E-state index contributed by atoms with van der Waals surface area (Å²) in [5.74, 6) is 1.03. The first-order chi connectivity index (χ1) is 10.2. The van der Waals surface area contributed by atoms with Gasteiger partial charge in [-0.2, -0.15) is 0 Å². The highest BCUT2D eigenvalue weighted by molar-refractivity contribution is 9.13. The average molecular weight is 414 g/mol. The number of halogens is 2. The lowest BCUT2D eigenvalue weighted by molar-refractivity contribution is 0.627. The number of hydrogen-bond donors (Lipinski definition) is 2. The molecule has 4 rings (SSSR count). The second-order valence-electron chi connectivity index (χ2n) is 5.95. The Balaban J connectivity index is 1.90. The van der Waals surface area contributed by atoms with E-state index in [0.717, 1.165) is 42.0 Å². The molecule has 2 aromatic rings. The molecule has 112 valence electrons. The Morgan fingerprint density at radius 2 is 2.19 bits per heavy atom. The number of benzene rings is 1. The Morgan fingerprint density at radius 1 is 1.33 bits per heavy atom. The second-order valence-corrected chi connectivity index (χ2v) is 7.54. The van der Waals surface area contributed by atoms with Crippen LogP contribution in [0.1, 0.15) is 24.0 Å². The van der Waals surface area contributed by atoms with Gasteiger partial charge in [-0.15, -0.1) is 0 Å². The maximum atomic E-state index is 4.92. The van der Waals surface area contributed by atoms with Crippen molar-refractivity contribution in [3.8, 4) is 0 Å². The van der Waals surface area contributed by atoms with Crippen molar-refractivity contribution >= 4 is 48.8 Å². The monoisotopic (exact) mass is 412 g/mol. The van der Waals surface area contributed by atoms with E-state index in [9.17, 15) is 0 Å². The first-order valence-electron chi connectivity index (χ1n) is 7.50. The van der Waals surface area contributed by atoms with Crippen LogP contribution in [0.3, 0.4) is 0 Å². The smallest absolute Gasteiger partial charge is 0.204 e. The van der Waals surface area contributed by atoms with Crippen molar-refractivity contribution < 1.29 is 0 Å². The summed E-state index contributed by atoms with van der Waals surface area (Å²) in [5.41, 5.74) is 5.04. The van der Waals surface area contributed by atoms with Gasteiger partial charge in [0, 0.05) is 28.1 Å². The van der Waals surface area contributed by atoms with E-state index in [1.54, 1.807) is 0 Å². The lowest BCUT2D eigenvalue weighted by Crippen LogP contribution is -2.24. The van der Waals surface area contributed by atoms with Crippen LogP contribution in [0.2, 0.25) is 0 Å². The summed E-state index contributed by atoms with van der Waals surface area (Å²) in [6, 6.07) is 0.496. The van der Waals surface area contributed by atoms with Gasteiger partial charge in [0.15, 0.2) is 0 Å². The Kier molecular flexibility index (Phi) is 3.51. The molecular formula is C15H18Br2N4. The zero-order valence-electron chi connectivity index (χ0n) is 12.0. The summed E-state index contributed by atoms with van der Waals surface area (Å²) in [6.07, 6.45) is 3.46. The average Bonchev–Trinajstić information content (AvgIpc) is 3.12. The minimum atomic E-state index is 0.496. The van der Waals surface area contributed by atoms with E-state index < -0.39 is 0 Å². The highest BCUT2D eigenvalue weighted by Crippen LogP contribution is 2.41. The number of nitrogens with zero attached hydrogens (tertiary/aromatic N) is 2. The van der Waals surface area contributed by atoms with Crippen molar-refractivity contribution in [3.63, 3.8) is 0 Å². The number of anilines is 1. The number of imidazole rings is 1. The van der Waals surface area contributed by atoms with Gasteiger partial charge in [0.1, 0.15) is 0 Å². The van der Waals surface area contributed by atoms with Crippen molar-refractivity contribution in [2.45, 2.75) is 38.8 Å². The summed E-state index contributed by atoms with van der Waals surface area (Å²) < 4.78 is 4.71. The van der Waals surface area contributed by atoms with E-state index in [1.165, 1.54) is 34.0 Å². The van der Waals surface area contributed by atoms with Crippen LogP contribution in [0, 0.1) is 6.92 Å². The predicted molar refractivity (Wildman–Crippen MR) is 93.1 cm³/mol. The Bertz CT molecular complexity index is 717. The van der Waals surface area contributed by atoms with Crippen LogP contribution >= 0.6 is 31.9 Å². The molecular weight excluding hydrogens is 396 g/mol. The van der Waals surface area contributed by atoms with E-state index in [0.29, 0.717) is 6.04 Å². The summed E-state index contributed by atoms with van der Waals surface area (Å²) in [4.78, 5) is 4.92. The zero-order chi connectivity index (χ0) is 14.6. The molecule has 1 aromatic carbocycles. The summed E-state index contributed by atoms with van der Waals surface area (Å²) in [5, 5.41) is 7.04. The van der Waals surface area contributed by atoms with Gasteiger partial charge in [-0.3, -0.25) is 0 Å². The van der Waals surface area contributed by atoms with E-state index in [2.05, 4.69) is 54.0 Å².